The van der Waals surface area contributed by atoms with Gasteiger partial charge in [0.2, 0.25) is 5.91 Å². The Labute approximate surface area is 227 Å². The number of amides is 1. The molecule has 2 atom stereocenters. The normalized spacial score (nSPS) is 20.4. The molecule has 1 saturated heterocycles. The molecule has 11 heteroatoms. The number of hydrogen-bond donors (Lipinski definition) is 1. The van der Waals surface area contributed by atoms with Crippen molar-refractivity contribution in [3.8, 4) is 5.75 Å². The van der Waals surface area contributed by atoms with Crippen LogP contribution in [-0.4, -0.2) is 55.3 Å². The van der Waals surface area contributed by atoms with Crippen LogP contribution in [0.4, 0.5) is 19.2 Å². The maximum atomic E-state index is 14.5. The summed E-state index contributed by atoms with van der Waals surface area (Å²) in [6.07, 6.45) is 6.03. The summed E-state index contributed by atoms with van der Waals surface area (Å²) in [5.41, 5.74) is 0.150. The summed E-state index contributed by atoms with van der Waals surface area (Å²) in [7, 11) is 1.60. The van der Waals surface area contributed by atoms with Crippen LogP contribution < -0.4 is 15.0 Å². The van der Waals surface area contributed by atoms with Gasteiger partial charge in [0.15, 0.2) is 5.82 Å². The summed E-state index contributed by atoms with van der Waals surface area (Å²) in [5.74, 6) is -1.34. The average Bonchev–Trinajstić information content (AvgIpc) is 3.59. The van der Waals surface area contributed by atoms with Gasteiger partial charge in [0.05, 0.1) is 19.6 Å². The Hall–Kier alpha value is -2.82. The molecule has 2 fully saturated rings. The summed E-state index contributed by atoms with van der Waals surface area (Å²) in [6.45, 7) is 3.21. The molecule has 2 heterocycles. The van der Waals surface area contributed by atoms with Crippen molar-refractivity contribution in [3.63, 3.8) is 0 Å². The van der Waals surface area contributed by atoms with Gasteiger partial charge in [-0.05, 0) is 55.1 Å². The van der Waals surface area contributed by atoms with Gasteiger partial charge >= 0.3 is 6.01 Å². The molecule has 216 valence electrons. The SMILES string of the molecule is CCC(F)(F)CNC(=O)Cc1ccc(OCC[C@@H]2CCC[C@H]2C2CCN(c3nc(COC)no3)CC2)cc1F. The highest BCUT2D eigenvalue weighted by Crippen LogP contribution is 2.43. The van der Waals surface area contributed by atoms with Crippen molar-refractivity contribution in [1.29, 1.82) is 0 Å². The van der Waals surface area contributed by atoms with Gasteiger partial charge in [-0.25, -0.2) is 13.2 Å². The molecule has 1 N–H and O–H groups in total. The predicted octanol–water partition coefficient (Wildman–Crippen LogP) is 5.16. The van der Waals surface area contributed by atoms with E-state index in [1.54, 1.807) is 13.2 Å². The van der Waals surface area contributed by atoms with E-state index >= 15 is 0 Å². The van der Waals surface area contributed by atoms with Crippen molar-refractivity contribution in [2.75, 3.05) is 38.3 Å². The van der Waals surface area contributed by atoms with Crippen LogP contribution in [0, 0.1) is 23.6 Å². The van der Waals surface area contributed by atoms with Gasteiger partial charge in [-0.1, -0.05) is 31.0 Å². The van der Waals surface area contributed by atoms with Crippen LogP contribution in [0.1, 0.15) is 63.3 Å². The lowest BCUT2D eigenvalue weighted by Crippen LogP contribution is -2.37. The molecule has 1 saturated carbocycles. The molecule has 8 nitrogen and oxygen atoms in total. The summed E-state index contributed by atoms with van der Waals surface area (Å²) >= 11 is 0. The molecule has 1 aliphatic carbocycles. The van der Waals surface area contributed by atoms with Crippen LogP contribution in [0.2, 0.25) is 0 Å². The lowest BCUT2D eigenvalue weighted by molar-refractivity contribution is -0.122. The summed E-state index contributed by atoms with van der Waals surface area (Å²) in [5, 5.41) is 6.13. The first kappa shape index (κ1) is 29.2. The monoisotopic (exact) mass is 552 g/mol. The first-order valence-electron chi connectivity index (χ1n) is 13.9. The molecule has 1 amide bonds. The minimum absolute atomic E-state index is 0.150. The zero-order valence-electron chi connectivity index (χ0n) is 22.8. The van der Waals surface area contributed by atoms with Crippen molar-refractivity contribution in [2.45, 2.75) is 70.8 Å². The number of aromatic nitrogens is 2. The fraction of sp³-hybridized carbons (Fsp3) is 0.679. The van der Waals surface area contributed by atoms with Crippen molar-refractivity contribution < 1.29 is 32.0 Å². The van der Waals surface area contributed by atoms with Crippen LogP contribution in [-0.2, 0) is 22.6 Å². The number of nitrogens with one attached hydrogen (secondary N) is 1. The largest absolute Gasteiger partial charge is 0.493 e. The van der Waals surface area contributed by atoms with E-state index in [-0.39, 0.29) is 18.4 Å². The molecule has 0 unspecified atom stereocenters. The Bertz CT molecular complexity index is 1070. The van der Waals surface area contributed by atoms with Gasteiger partial charge < -0.3 is 24.2 Å². The fourth-order valence-electron chi connectivity index (χ4n) is 5.80. The third-order valence-corrected chi connectivity index (χ3v) is 8.06. The van der Waals surface area contributed by atoms with E-state index in [0.29, 0.717) is 48.6 Å². The molecular formula is C28H39F3N4O4. The van der Waals surface area contributed by atoms with E-state index in [1.165, 1.54) is 38.3 Å². The van der Waals surface area contributed by atoms with E-state index in [9.17, 15) is 18.0 Å². The maximum Gasteiger partial charge on any atom is 0.324 e. The van der Waals surface area contributed by atoms with Crippen LogP contribution in [0.15, 0.2) is 22.7 Å². The number of benzene rings is 1. The lowest BCUT2D eigenvalue weighted by Gasteiger charge is -2.36. The van der Waals surface area contributed by atoms with Gasteiger partial charge in [-0.2, -0.15) is 4.98 Å². The molecule has 0 radical (unpaired) electrons. The van der Waals surface area contributed by atoms with Crippen LogP contribution in [0.25, 0.3) is 0 Å². The van der Waals surface area contributed by atoms with E-state index in [0.717, 1.165) is 32.4 Å². The minimum Gasteiger partial charge on any atom is -0.493 e. The second-order valence-corrected chi connectivity index (χ2v) is 10.7. The highest BCUT2D eigenvalue weighted by molar-refractivity contribution is 5.78. The zero-order chi connectivity index (χ0) is 27.8. The van der Waals surface area contributed by atoms with Crippen LogP contribution in [0.5, 0.6) is 5.75 Å². The molecule has 0 spiro atoms. The van der Waals surface area contributed by atoms with Gasteiger partial charge in [-0.15, -0.1) is 0 Å². The van der Waals surface area contributed by atoms with E-state index in [1.807, 2.05) is 0 Å². The van der Waals surface area contributed by atoms with Crippen LogP contribution >= 0.6 is 0 Å². The topological polar surface area (TPSA) is 89.7 Å². The molecule has 39 heavy (non-hydrogen) atoms. The second kappa shape index (κ2) is 13.5. The lowest BCUT2D eigenvalue weighted by atomic mass is 9.77. The fourth-order valence-corrected chi connectivity index (χ4v) is 5.80. The van der Waals surface area contributed by atoms with Gasteiger partial charge in [0, 0.05) is 32.7 Å². The molecule has 2 aromatic rings. The smallest absolute Gasteiger partial charge is 0.324 e. The summed E-state index contributed by atoms with van der Waals surface area (Å²) in [6, 6.07) is 4.94. The number of ether oxygens (including phenoxy) is 2. The molecule has 4 rings (SSSR count). The first-order valence-corrected chi connectivity index (χ1v) is 13.9. The minimum atomic E-state index is -2.97. The number of halogens is 3. The first-order chi connectivity index (χ1) is 18.8. The summed E-state index contributed by atoms with van der Waals surface area (Å²) < 4.78 is 57.5. The number of hydrogen-bond acceptors (Lipinski definition) is 7. The predicted molar refractivity (Wildman–Crippen MR) is 139 cm³/mol. The van der Waals surface area contributed by atoms with Gasteiger partial charge in [-0.3, -0.25) is 4.79 Å². The van der Waals surface area contributed by atoms with Crippen LogP contribution in [0.3, 0.4) is 0 Å². The van der Waals surface area contributed by atoms with Crippen molar-refractivity contribution >= 4 is 11.9 Å². The molecule has 1 aromatic carbocycles. The van der Waals surface area contributed by atoms with E-state index < -0.39 is 24.2 Å². The summed E-state index contributed by atoms with van der Waals surface area (Å²) in [4.78, 5) is 18.5. The number of carbonyl (C=O) groups excluding carboxylic acids is 1. The number of nitrogens with zero attached hydrogens (tertiary/aromatic N) is 3. The van der Waals surface area contributed by atoms with Gasteiger partial charge in [0.1, 0.15) is 18.2 Å². The van der Waals surface area contributed by atoms with E-state index in [2.05, 4.69) is 20.4 Å². The van der Waals surface area contributed by atoms with Crippen molar-refractivity contribution in [1.82, 2.24) is 15.5 Å². The third kappa shape index (κ3) is 8.09. The quantitative estimate of drug-likeness (QED) is 0.367. The van der Waals surface area contributed by atoms with E-state index in [4.69, 9.17) is 14.0 Å². The number of alkyl halides is 2. The van der Waals surface area contributed by atoms with Gasteiger partial charge in [0.25, 0.3) is 5.92 Å². The molecule has 2 aliphatic rings. The number of methoxy groups -OCH3 is 1. The highest BCUT2D eigenvalue weighted by atomic mass is 19.3. The zero-order valence-corrected chi connectivity index (χ0v) is 22.8. The maximum absolute atomic E-state index is 14.5. The second-order valence-electron chi connectivity index (χ2n) is 10.7. The Morgan fingerprint density at radius 1 is 1.23 bits per heavy atom. The van der Waals surface area contributed by atoms with Crippen molar-refractivity contribution in [2.24, 2.45) is 17.8 Å². The van der Waals surface area contributed by atoms with Crippen molar-refractivity contribution in [3.05, 3.63) is 35.4 Å². The number of carbonyl (C=O) groups is 1. The Kier molecular flexibility index (Phi) is 10.1. The molecular weight excluding hydrogens is 513 g/mol. The Morgan fingerprint density at radius 3 is 2.74 bits per heavy atom. The average molecular weight is 553 g/mol. The highest BCUT2D eigenvalue weighted by Gasteiger charge is 2.36. The molecule has 0 bridgehead atoms. The third-order valence-electron chi connectivity index (χ3n) is 8.06. The number of rotatable bonds is 13. The standard InChI is InChI=1S/C28H39F3N4O4/c1-3-28(30,31)18-32-26(36)15-21-7-8-22(16-24(21)29)38-14-11-19-5-4-6-23(19)20-9-12-35(13-10-20)27-33-25(17-37-2)34-39-27/h7-8,16,19-20,23H,3-6,9-15,17-18H2,1-2H3,(H,32,36)/t19-,23+/m0/s1. The number of piperidine rings is 1. The Morgan fingerprint density at radius 2 is 2.03 bits per heavy atom. The molecule has 1 aromatic heterocycles. The number of anilines is 1. The Balaban J connectivity index is 1.20. The molecule has 1 aliphatic heterocycles.